The average molecular weight is 235 g/mol. The molecule has 0 aromatic rings. The second kappa shape index (κ2) is 5.79. The van der Waals surface area contributed by atoms with Gasteiger partial charge in [-0.15, -0.1) is 0 Å². The van der Waals surface area contributed by atoms with Crippen molar-refractivity contribution in [1.82, 2.24) is 10.2 Å². The van der Waals surface area contributed by atoms with Crippen molar-refractivity contribution in [3.63, 3.8) is 0 Å². The molecule has 0 saturated carbocycles. The number of hydrogen-bond acceptors (Lipinski definition) is 4. The third-order valence-corrected chi connectivity index (χ3v) is 3.49. The summed E-state index contributed by atoms with van der Waals surface area (Å²) in [6.45, 7) is 3.62. The number of nitrogens with two attached hydrogens (primary N) is 1. The summed E-state index contributed by atoms with van der Waals surface area (Å²) in [5.74, 6) is 0.666. The molecule has 1 unspecified atom stereocenters. The van der Waals surface area contributed by atoms with Gasteiger partial charge in [0.2, 0.25) is 10.0 Å². The maximum atomic E-state index is 10.7. The van der Waals surface area contributed by atoms with Crippen LogP contribution >= 0.6 is 0 Å². The van der Waals surface area contributed by atoms with Crippen LogP contribution in [0.3, 0.4) is 0 Å². The molecular weight excluding hydrogens is 214 g/mol. The smallest absolute Gasteiger partial charge is 0.210 e. The predicted molar refractivity (Wildman–Crippen MR) is 61.1 cm³/mol. The summed E-state index contributed by atoms with van der Waals surface area (Å²) in [6.07, 6.45) is 2.46. The Hall–Kier alpha value is -0.170. The summed E-state index contributed by atoms with van der Waals surface area (Å²) < 4.78 is 21.3. The minimum atomic E-state index is -3.31. The molecule has 0 amide bonds. The Kier molecular flexibility index (Phi) is 4.98. The van der Waals surface area contributed by atoms with Gasteiger partial charge in [-0.05, 0) is 38.9 Å². The molecule has 6 heteroatoms. The molecule has 1 fully saturated rings. The minimum Gasteiger partial charge on any atom is -0.315 e. The molecule has 0 aromatic heterocycles. The van der Waals surface area contributed by atoms with Crippen LogP contribution in [0.5, 0.6) is 0 Å². The van der Waals surface area contributed by atoms with E-state index in [4.69, 9.17) is 5.14 Å². The van der Waals surface area contributed by atoms with E-state index in [0.717, 1.165) is 13.1 Å². The van der Waals surface area contributed by atoms with Gasteiger partial charge in [-0.25, -0.2) is 13.6 Å². The van der Waals surface area contributed by atoms with Crippen molar-refractivity contribution in [2.75, 3.05) is 39.0 Å². The lowest BCUT2D eigenvalue weighted by Crippen LogP contribution is -2.38. The Labute approximate surface area is 92.1 Å². The number of likely N-dealkylation sites (tertiary alicyclic amines) is 1. The monoisotopic (exact) mass is 235 g/mol. The number of rotatable bonds is 5. The molecule has 5 nitrogen and oxygen atoms in total. The van der Waals surface area contributed by atoms with Gasteiger partial charge in [0.1, 0.15) is 0 Å². The molecule has 0 radical (unpaired) electrons. The fourth-order valence-electron chi connectivity index (χ4n) is 1.96. The van der Waals surface area contributed by atoms with E-state index in [2.05, 4.69) is 17.3 Å². The highest BCUT2D eigenvalue weighted by atomic mass is 32.2. The van der Waals surface area contributed by atoms with Crippen molar-refractivity contribution in [2.24, 2.45) is 11.1 Å². The Bertz CT molecular complexity index is 279. The van der Waals surface area contributed by atoms with E-state index in [1.165, 1.54) is 19.4 Å². The zero-order valence-electron chi connectivity index (χ0n) is 9.28. The lowest BCUT2D eigenvalue weighted by molar-refractivity contribution is 0.207. The summed E-state index contributed by atoms with van der Waals surface area (Å²) in [7, 11) is -1.19. The quantitative estimate of drug-likeness (QED) is 0.612. The van der Waals surface area contributed by atoms with Crippen molar-refractivity contribution in [3.8, 4) is 0 Å². The Morgan fingerprint density at radius 3 is 2.87 bits per heavy atom. The summed E-state index contributed by atoms with van der Waals surface area (Å²) in [5, 5.41) is 8.05. The number of piperidine rings is 1. The third-order valence-electron chi connectivity index (χ3n) is 2.72. The van der Waals surface area contributed by atoms with Gasteiger partial charge in [-0.1, -0.05) is 0 Å². The van der Waals surface area contributed by atoms with Crippen LogP contribution < -0.4 is 10.5 Å². The molecule has 1 atom stereocenters. The van der Waals surface area contributed by atoms with Gasteiger partial charge in [0.25, 0.3) is 0 Å². The van der Waals surface area contributed by atoms with Gasteiger partial charge >= 0.3 is 0 Å². The first kappa shape index (κ1) is 12.9. The second-order valence-corrected chi connectivity index (χ2v) is 6.08. The van der Waals surface area contributed by atoms with Crippen LogP contribution in [0.15, 0.2) is 0 Å². The van der Waals surface area contributed by atoms with Crippen LogP contribution in [-0.4, -0.2) is 52.3 Å². The number of hydrogen-bond donors (Lipinski definition) is 2. The van der Waals surface area contributed by atoms with Crippen molar-refractivity contribution in [2.45, 2.75) is 12.8 Å². The maximum absolute atomic E-state index is 10.7. The summed E-state index contributed by atoms with van der Waals surface area (Å²) in [4.78, 5) is 2.32. The van der Waals surface area contributed by atoms with Gasteiger partial charge < -0.3 is 10.2 Å². The summed E-state index contributed by atoms with van der Waals surface area (Å²) in [5.41, 5.74) is 0. The molecule has 3 N–H and O–H groups in total. The second-order valence-electron chi connectivity index (χ2n) is 4.34. The van der Waals surface area contributed by atoms with Crippen LogP contribution in [0, 0.1) is 5.92 Å². The Morgan fingerprint density at radius 1 is 1.53 bits per heavy atom. The zero-order chi connectivity index (χ0) is 11.3. The van der Waals surface area contributed by atoms with Crippen molar-refractivity contribution in [1.29, 1.82) is 0 Å². The fraction of sp³-hybridized carbons (Fsp3) is 1.00. The van der Waals surface area contributed by atoms with E-state index in [1.54, 1.807) is 0 Å². The highest BCUT2D eigenvalue weighted by molar-refractivity contribution is 7.89. The number of nitrogens with one attached hydrogen (secondary N) is 1. The molecule has 1 heterocycles. The van der Waals surface area contributed by atoms with Crippen LogP contribution in [-0.2, 0) is 10.0 Å². The van der Waals surface area contributed by atoms with E-state index in [-0.39, 0.29) is 5.75 Å². The molecule has 1 rings (SSSR count). The predicted octanol–water partition coefficient (Wildman–Crippen LogP) is -0.794. The van der Waals surface area contributed by atoms with Crippen LogP contribution in [0.25, 0.3) is 0 Å². The van der Waals surface area contributed by atoms with Gasteiger partial charge in [-0.3, -0.25) is 0 Å². The SMILES string of the molecule is CN1CCCC(CNCCS(N)(=O)=O)C1. The Balaban J connectivity index is 2.09. The normalized spacial score (nSPS) is 24.3. The van der Waals surface area contributed by atoms with Crippen LogP contribution in [0.4, 0.5) is 0 Å². The molecule has 0 aromatic carbocycles. The first-order valence-corrected chi connectivity index (χ1v) is 7.08. The van der Waals surface area contributed by atoms with Crippen molar-refractivity contribution >= 4 is 10.0 Å². The standard InChI is InChI=1S/C9H21N3O2S/c1-12-5-2-3-9(8-12)7-11-4-6-15(10,13)14/h9,11H,2-8H2,1H3,(H2,10,13,14). The van der Waals surface area contributed by atoms with Crippen molar-refractivity contribution < 1.29 is 8.42 Å². The van der Waals surface area contributed by atoms with Gasteiger partial charge in [-0.2, -0.15) is 0 Å². The fourth-order valence-corrected chi connectivity index (χ4v) is 2.39. The van der Waals surface area contributed by atoms with E-state index in [0.29, 0.717) is 12.5 Å². The number of sulfonamides is 1. The molecule has 1 aliphatic heterocycles. The lowest BCUT2D eigenvalue weighted by Gasteiger charge is -2.29. The van der Waals surface area contributed by atoms with Crippen LogP contribution in [0.1, 0.15) is 12.8 Å². The van der Waals surface area contributed by atoms with Gasteiger partial charge in [0.05, 0.1) is 5.75 Å². The molecule has 0 bridgehead atoms. The minimum absolute atomic E-state index is 0.0234. The summed E-state index contributed by atoms with van der Waals surface area (Å²) >= 11 is 0. The molecular formula is C9H21N3O2S. The van der Waals surface area contributed by atoms with Gasteiger partial charge in [0.15, 0.2) is 0 Å². The molecule has 1 aliphatic rings. The zero-order valence-corrected chi connectivity index (χ0v) is 10.1. The maximum Gasteiger partial charge on any atom is 0.210 e. The van der Waals surface area contributed by atoms with E-state index in [1.807, 2.05) is 0 Å². The van der Waals surface area contributed by atoms with E-state index >= 15 is 0 Å². The highest BCUT2D eigenvalue weighted by Gasteiger charge is 2.16. The molecule has 0 spiro atoms. The third kappa shape index (κ3) is 6.09. The topological polar surface area (TPSA) is 75.4 Å². The van der Waals surface area contributed by atoms with Crippen molar-refractivity contribution in [3.05, 3.63) is 0 Å². The van der Waals surface area contributed by atoms with Gasteiger partial charge in [0, 0.05) is 13.1 Å². The molecule has 0 aliphatic carbocycles. The largest absolute Gasteiger partial charge is 0.315 e. The molecule has 15 heavy (non-hydrogen) atoms. The Morgan fingerprint density at radius 2 is 2.27 bits per heavy atom. The average Bonchev–Trinajstić information content (AvgIpc) is 2.11. The first-order chi connectivity index (χ1) is 6.97. The van der Waals surface area contributed by atoms with Crippen LogP contribution in [0.2, 0.25) is 0 Å². The number of nitrogens with zero attached hydrogens (tertiary/aromatic N) is 1. The summed E-state index contributed by atoms with van der Waals surface area (Å²) in [6, 6.07) is 0. The molecule has 90 valence electrons. The van der Waals surface area contributed by atoms with E-state index in [9.17, 15) is 8.42 Å². The number of primary sulfonamides is 1. The molecule has 1 saturated heterocycles. The van der Waals surface area contributed by atoms with E-state index < -0.39 is 10.0 Å². The first-order valence-electron chi connectivity index (χ1n) is 5.37. The lowest BCUT2D eigenvalue weighted by atomic mass is 9.98. The highest BCUT2D eigenvalue weighted by Crippen LogP contribution is 2.13.